The van der Waals surface area contributed by atoms with Gasteiger partial charge in [-0.15, -0.1) is 0 Å². The molecule has 1 aromatic rings. The molecule has 2 amide bonds. The molecule has 1 unspecified atom stereocenters. The summed E-state index contributed by atoms with van der Waals surface area (Å²) in [5.41, 5.74) is 1.07. The molecule has 1 aliphatic heterocycles. The van der Waals surface area contributed by atoms with Gasteiger partial charge in [0.2, 0.25) is 11.8 Å². The first-order chi connectivity index (χ1) is 11.7. The topological polar surface area (TPSA) is 83.6 Å². The van der Waals surface area contributed by atoms with E-state index in [9.17, 15) is 18.0 Å². The van der Waals surface area contributed by atoms with Crippen molar-refractivity contribution in [2.24, 2.45) is 0 Å². The Balaban J connectivity index is 1.78. The number of nitrogens with one attached hydrogen (secondary N) is 1. The monoisotopic (exact) mass is 386 g/mol. The molecule has 0 aliphatic carbocycles. The van der Waals surface area contributed by atoms with Crippen molar-refractivity contribution in [1.82, 2.24) is 10.2 Å². The summed E-state index contributed by atoms with van der Waals surface area (Å²) in [7, 11) is -3.02. The fourth-order valence-corrected chi connectivity index (χ4v) is 4.59. The van der Waals surface area contributed by atoms with Gasteiger partial charge in [0.1, 0.15) is 0 Å². The Bertz CT molecular complexity index is 719. The summed E-state index contributed by atoms with van der Waals surface area (Å²) in [5, 5.41) is 3.40. The second kappa shape index (κ2) is 8.67. The molecule has 6 nitrogen and oxygen atoms in total. The van der Waals surface area contributed by atoms with Crippen molar-refractivity contribution in [3.63, 3.8) is 0 Å². The lowest BCUT2D eigenvalue weighted by Gasteiger charge is -2.21. The zero-order valence-corrected chi connectivity index (χ0v) is 15.8. The van der Waals surface area contributed by atoms with E-state index in [1.807, 2.05) is 12.1 Å². The molecule has 1 N–H and O–H groups in total. The number of amides is 2. The summed E-state index contributed by atoms with van der Waals surface area (Å²) in [4.78, 5) is 25.4. The number of hydrogen-bond acceptors (Lipinski definition) is 4. The lowest BCUT2D eigenvalue weighted by atomic mass is 10.1. The molecule has 0 radical (unpaired) electrons. The van der Waals surface area contributed by atoms with Crippen LogP contribution in [0.1, 0.15) is 25.3 Å². The second-order valence-corrected chi connectivity index (χ2v) is 8.97. The fourth-order valence-electron chi connectivity index (χ4n) is 2.79. The zero-order chi connectivity index (χ0) is 18.4. The first kappa shape index (κ1) is 19.7. The molecule has 138 valence electrons. The molecule has 1 atom stereocenters. The second-order valence-electron chi connectivity index (χ2n) is 6.30. The molecular formula is C17H23ClN2O4S. The van der Waals surface area contributed by atoms with E-state index >= 15 is 0 Å². The minimum Gasteiger partial charge on any atom is -0.352 e. The normalized spacial score (nSPS) is 18.7. The molecule has 2 rings (SSSR count). The van der Waals surface area contributed by atoms with Crippen molar-refractivity contribution in [3.05, 3.63) is 34.9 Å². The van der Waals surface area contributed by atoms with Gasteiger partial charge in [0, 0.05) is 37.5 Å². The summed E-state index contributed by atoms with van der Waals surface area (Å²) in [6.45, 7) is 2.31. The first-order valence-corrected chi connectivity index (χ1v) is 10.4. The SMILES string of the molecule is CC(=O)N(CCC(=O)NC1CCS(=O)(=O)C1)CCc1ccc(Cl)cc1. The van der Waals surface area contributed by atoms with Crippen LogP contribution in [0.25, 0.3) is 0 Å². The van der Waals surface area contributed by atoms with Crippen molar-refractivity contribution in [2.45, 2.75) is 32.2 Å². The minimum atomic E-state index is -3.02. The van der Waals surface area contributed by atoms with Gasteiger partial charge in [-0.25, -0.2) is 8.42 Å². The molecule has 1 heterocycles. The third-order valence-corrected chi connectivity index (χ3v) is 6.26. The van der Waals surface area contributed by atoms with E-state index in [1.165, 1.54) is 6.92 Å². The molecule has 1 aromatic carbocycles. The smallest absolute Gasteiger partial charge is 0.222 e. The standard InChI is InChI=1S/C17H23ClN2O4S/c1-13(21)20(9-6-14-2-4-15(18)5-3-14)10-7-17(22)19-16-8-11-25(23,24)12-16/h2-5,16H,6-12H2,1H3,(H,19,22). The van der Waals surface area contributed by atoms with Gasteiger partial charge in [-0.3, -0.25) is 9.59 Å². The largest absolute Gasteiger partial charge is 0.352 e. The average molecular weight is 387 g/mol. The van der Waals surface area contributed by atoms with Gasteiger partial charge in [-0.05, 0) is 30.5 Å². The van der Waals surface area contributed by atoms with E-state index in [2.05, 4.69) is 5.32 Å². The molecule has 0 aromatic heterocycles. The fraction of sp³-hybridized carbons (Fsp3) is 0.529. The van der Waals surface area contributed by atoms with Crippen LogP contribution in [0.15, 0.2) is 24.3 Å². The summed E-state index contributed by atoms with van der Waals surface area (Å²) in [6, 6.07) is 7.12. The van der Waals surface area contributed by atoms with E-state index in [0.29, 0.717) is 31.0 Å². The molecule has 1 fully saturated rings. The molecule has 0 bridgehead atoms. The minimum absolute atomic E-state index is 0.00568. The molecule has 1 saturated heterocycles. The maximum absolute atomic E-state index is 12.0. The Morgan fingerprint density at radius 1 is 1.24 bits per heavy atom. The number of hydrogen-bond donors (Lipinski definition) is 1. The Labute approximate surface area is 153 Å². The van der Waals surface area contributed by atoms with Crippen LogP contribution >= 0.6 is 11.6 Å². The number of carbonyl (C=O) groups excluding carboxylic acids is 2. The van der Waals surface area contributed by atoms with E-state index < -0.39 is 9.84 Å². The summed E-state index contributed by atoms with van der Waals surface area (Å²) in [5.74, 6) is -0.185. The molecular weight excluding hydrogens is 364 g/mol. The van der Waals surface area contributed by atoms with Gasteiger partial charge >= 0.3 is 0 Å². The van der Waals surface area contributed by atoms with E-state index in [4.69, 9.17) is 11.6 Å². The maximum atomic E-state index is 12.0. The van der Waals surface area contributed by atoms with Crippen molar-refractivity contribution in [1.29, 1.82) is 0 Å². The molecule has 0 saturated carbocycles. The van der Waals surface area contributed by atoms with E-state index in [-0.39, 0.29) is 35.8 Å². The number of halogens is 1. The van der Waals surface area contributed by atoms with Crippen molar-refractivity contribution in [3.8, 4) is 0 Å². The van der Waals surface area contributed by atoms with Crippen LogP contribution in [0, 0.1) is 0 Å². The van der Waals surface area contributed by atoms with Crippen LogP contribution in [-0.2, 0) is 25.8 Å². The first-order valence-electron chi connectivity index (χ1n) is 8.25. The van der Waals surface area contributed by atoms with Gasteiger partial charge in [0.05, 0.1) is 11.5 Å². The lowest BCUT2D eigenvalue weighted by Crippen LogP contribution is -2.39. The molecule has 0 spiro atoms. The predicted octanol–water partition coefficient (Wildman–Crippen LogP) is 1.42. The number of sulfone groups is 1. The highest BCUT2D eigenvalue weighted by Crippen LogP contribution is 2.12. The zero-order valence-electron chi connectivity index (χ0n) is 14.2. The van der Waals surface area contributed by atoms with Crippen LogP contribution in [0.3, 0.4) is 0 Å². The summed E-state index contributed by atoms with van der Waals surface area (Å²) >= 11 is 5.85. The van der Waals surface area contributed by atoms with Crippen LogP contribution in [0.4, 0.5) is 0 Å². The lowest BCUT2D eigenvalue weighted by molar-refractivity contribution is -0.129. The third kappa shape index (κ3) is 6.66. The number of carbonyl (C=O) groups is 2. The maximum Gasteiger partial charge on any atom is 0.222 e. The van der Waals surface area contributed by atoms with Gasteiger partial charge in [0.25, 0.3) is 0 Å². The molecule has 8 heteroatoms. The Kier molecular flexibility index (Phi) is 6.84. The number of benzene rings is 1. The van der Waals surface area contributed by atoms with Crippen LogP contribution in [0.2, 0.25) is 5.02 Å². The van der Waals surface area contributed by atoms with Gasteiger partial charge in [0.15, 0.2) is 9.84 Å². The van der Waals surface area contributed by atoms with E-state index in [0.717, 1.165) is 5.56 Å². The number of rotatable bonds is 7. The quantitative estimate of drug-likeness (QED) is 0.768. The molecule has 25 heavy (non-hydrogen) atoms. The van der Waals surface area contributed by atoms with E-state index in [1.54, 1.807) is 17.0 Å². The number of nitrogens with zero attached hydrogens (tertiary/aromatic N) is 1. The van der Waals surface area contributed by atoms with Crippen molar-refractivity contribution >= 4 is 33.3 Å². The third-order valence-electron chi connectivity index (χ3n) is 4.24. The van der Waals surface area contributed by atoms with Gasteiger partial charge < -0.3 is 10.2 Å². The van der Waals surface area contributed by atoms with Gasteiger partial charge in [-0.1, -0.05) is 23.7 Å². The van der Waals surface area contributed by atoms with Crippen LogP contribution < -0.4 is 5.32 Å². The summed E-state index contributed by atoms with van der Waals surface area (Å²) < 4.78 is 22.8. The Hall–Kier alpha value is -1.60. The highest BCUT2D eigenvalue weighted by Gasteiger charge is 2.28. The highest BCUT2D eigenvalue weighted by molar-refractivity contribution is 7.91. The van der Waals surface area contributed by atoms with Crippen LogP contribution in [-0.4, -0.2) is 55.8 Å². The molecule has 1 aliphatic rings. The highest BCUT2D eigenvalue weighted by atomic mass is 35.5. The Morgan fingerprint density at radius 2 is 1.92 bits per heavy atom. The summed E-state index contributed by atoms with van der Waals surface area (Å²) in [6.07, 6.45) is 1.30. The Morgan fingerprint density at radius 3 is 2.48 bits per heavy atom. The average Bonchev–Trinajstić information content (AvgIpc) is 2.87. The van der Waals surface area contributed by atoms with Crippen LogP contribution in [0.5, 0.6) is 0 Å². The van der Waals surface area contributed by atoms with Gasteiger partial charge in [-0.2, -0.15) is 0 Å². The predicted molar refractivity (Wildman–Crippen MR) is 97.2 cm³/mol. The van der Waals surface area contributed by atoms with Crippen molar-refractivity contribution < 1.29 is 18.0 Å². The van der Waals surface area contributed by atoms with Crippen molar-refractivity contribution in [2.75, 3.05) is 24.6 Å².